The van der Waals surface area contributed by atoms with Gasteiger partial charge in [-0.2, -0.15) is 4.98 Å². The number of anilines is 4. The Kier molecular flexibility index (Phi) is 6.89. The number of benzene rings is 2. The van der Waals surface area contributed by atoms with Crippen LogP contribution in [0.1, 0.15) is 19.5 Å². The van der Waals surface area contributed by atoms with Gasteiger partial charge < -0.3 is 10.2 Å². The Bertz CT molecular complexity index is 1210. The van der Waals surface area contributed by atoms with Crippen LogP contribution >= 0.6 is 0 Å². The summed E-state index contributed by atoms with van der Waals surface area (Å²) < 4.78 is 27.6. The maximum atomic E-state index is 12.6. The topological polar surface area (TPSA) is 130 Å². The number of aryl methyl sites for hydroxylation is 1. The van der Waals surface area contributed by atoms with Gasteiger partial charge in [-0.15, -0.1) is 0 Å². The number of aromatic nitrogens is 2. The molecule has 168 valence electrons. The van der Waals surface area contributed by atoms with Gasteiger partial charge in [0.25, 0.3) is 15.7 Å². The standard InChI is InChI=1S/C21H24N6O4S/c1-4-26(5-2)20-13-15(3)22-21(24-20)23-16-9-11-17(12-10-16)25-32(30,31)19-8-6-7-18(14-19)27(28)29/h6-14,25H,4-5H2,1-3H3,(H,22,23,24). The molecule has 2 N–H and O–H groups in total. The summed E-state index contributed by atoms with van der Waals surface area (Å²) in [6.07, 6.45) is 0. The lowest BCUT2D eigenvalue weighted by Gasteiger charge is -2.20. The first-order valence-electron chi connectivity index (χ1n) is 9.97. The highest BCUT2D eigenvalue weighted by molar-refractivity contribution is 7.92. The minimum absolute atomic E-state index is 0.189. The van der Waals surface area contributed by atoms with E-state index in [4.69, 9.17) is 0 Å². The molecule has 0 aliphatic heterocycles. The summed E-state index contributed by atoms with van der Waals surface area (Å²) in [4.78, 5) is 21.2. The van der Waals surface area contributed by atoms with Crippen LogP contribution in [-0.2, 0) is 10.0 Å². The monoisotopic (exact) mass is 456 g/mol. The Hall–Kier alpha value is -3.73. The molecule has 0 unspecified atom stereocenters. The second-order valence-corrected chi connectivity index (χ2v) is 8.61. The van der Waals surface area contributed by atoms with Crippen LogP contribution in [0.5, 0.6) is 0 Å². The zero-order valence-electron chi connectivity index (χ0n) is 17.9. The van der Waals surface area contributed by atoms with Gasteiger partial charge in [0.2, 0.25) is 5.95 Å². The van der Waals surface area contributed by atoms with E-state index in [1.54, 1.807) is 24.3 Å². The van der Waals surface area contributed by atoms with Gasteiger partial charge in [-0.25, -0.2) is 13.4 Å². The fourth-order valence-electron chi connectivity index (χ4n) is 3.05. The molecule has 2 aromatic carbocycles. The van der Waals surface area contributed by atoms with Crippen molar-refractivity contribution in [3.63, 3.8) is 0 Å². The largest absolute Gasteiger partial charge is 0.357 e. The van der Waals surface area contributed by atoms with Gasteiger partial charge in [-0.1, -0.05) is 6.07 Å². The minimum atomic E-state index is -3.97. The number of nitrogens with one attached hydrogen (secondary N) is 2. The summed E-state index contributed by atoms with van der Waals surface area (Å²) >= 11 is 0. The smallest absolute Gasteiger partial charge is 0.270 e. The molecule has 0 atom stereocenters. The Balaban J connectivity index is 1.76. The van der Waals surface area contributed by atoms with Gasteiger partial charge in [0, 0.05) is 48.4 Å². The van der Waals surface area contributed by atoms with E-state index >= 15 is 0 Å². The molecule has 0 saturated carbocycles. The zero-order valence-corrected chi connectivity index (χ0v) is 18.8. The number of non-ortho nitro benzene ring substituents is 1. The lowest BCUT2D eigenvalue weighted by atomic mass is 10.3. The van der Waals surface area contributed by atoms with Crippen LogP contribution < -0.4 is 14.9 Å². The van der Waals surface area contributed by atoms with Crippen LogP contribution in [-0.4, -0.2) is 36.4 Å². The summed E-state index contributed by atoms with van der Waals surface area (Å²) in [6.45, 7) is 7.66. The summed E-state index contributed by atoms with van der Waals surface area (Å²) in [5.74, 6) is 1.27. The van der Waals surface area contributed by atoms with Crippen LogP contribution in [0.15, 0.2) is 59.5 Å². The van der Waals surface area contributed by atoms with E-state index in [2.05, 4.69) is 38.8 Å². The highest BCUT2D eigenvalue weighted by Gasteiger charge is 2.18. The molecule has 0 aliphatic rings. The van der Waals surface area contributed by atoms with E-state index < -0.39 is 14.9 Å². The van der Waals surface area contributed by atoms with Crippen LogP contribution in [0, 0.1) is 17.0 Å². The van der Waals surface area contributed by atoms with Gasteiger partial charge in [0.05, 0.1) is 9.82 Å². The van der Waals surface area contributed by atoms with Gasteiger partial charge in [0.1, 0.15) is 5.82 Å². The molecule has 0 aliphatic carbocycles. The SMILES string of the molecule is CCN(CC)c1cc(C)nc(Nc2ccc(NS(=O)(=O)c3cccc([N+](=O)[O-])c3)cc2)n1. The Morgan fingerprint density at radius 2 is 1.66 bits per heavy atom. The molecule has 1 aromatic heterocycles. The van der Waals surface area contributed by atoms with Crippen LogP contribution in [0.4, 0.5) is 28.8 Å². The molecule has 11 heteroatoms. The number of hydrogen-bond acceptors (Lipinski definition) is 8. The third kappa shape index (κ3) is 5.49. The highest BCUT2D eigenvalue weighted by Crippen LogP contribution is 2.23. The van der Waals surface area contributed by atoms with E-state index in [9.17, 15) is 18.5 Å². The molecule has 3 rings (SSSR count). The molecule has 10 nitrogen and oxygen atoms in total. The zero-order chi connectivity index (χ0) is 23.3. The van der Waals surface area contributed by atoms with Crippen molar-refractivity contribution in [3.8, 4) is 0 Å². The lowest BCUT2D eigenvalue weighted by molar-refractivity contribution is -0.385. The molecule has 3 aromatic rings. The highest BCUT2D eigenvalue weighted by atomic mass is 32.2. The predicted octanol–water partition coefficient (Wildman–Crippen LogP) is 4.08. The molecule has 0 spiro atoms. The number of nitro benzene ring substituents is 1. The molecule has 0 saturated heterocycles. The van der Waals surface area contributed by atoms with Crippen molar-refractivity contribution in [2.75, 3.05) is 28.0 Å². The third-order valence-corrected chi connectivity index (χ3v) is 6.04. The van der Waals surface area contributed by atoms with E-state index in [0.29, 0.717) is 17.3 Å². The van der Waals surface area contributed by atoms with Gasteiger partial charge >= 0.3 is 0 Å². The predicted molar refractivity (Wildman–Crippen MR) is 124 cm³/mol. The molecule has 0 amide bonds. The van der Waals surface area contributed by atoms with E-state index in [-0.39, 0.29) is 10.6 Å². The normalized spacial score (nSPS) is 11.1. The first-order chi connectivity index (χ1) is 15.2. The molecule has 1 heterocycles. The number of hydrogen-bond donors (Lipinski definition) is 2. The second kappa shape index (κ2) is 9.60. The molecule has 0 fully saturated rings. The van der Waals surface area contributed by atoms with Crippen molar-refractivity contribution < 1.29 is 13.3 Å². The van der Waals surface area contributed by atoms with Gasteiger partial charge in [-0.3, -0.25) is 14.8 Å². The Morgan fingerprint density at radius 1 is 1.00 bits per heavy atom. The van der Waals surface area contributed by atoms with Crippen LogP contribution in [0.3, 0.4) is 0 Å². The maximum Gasteiger partial charge on any atom is 0.270 e. The third-order valence-electron chi connectivity index (χ3n) is 4.66. The Morgan fingerprint density at radius 3 is 2.28 bits per heavy atom. The van der Waals surface area contributed by atoms with Crippen molar-refractivity contribution in [2.24, 2.45) is 0 Å². The number of rotatable bonds is 9. The van der Waals surface area contributed by atoms with E-state index in [1.807, 2.05) is 13.0 Å². The second-order valence-electron chi connectivity index (χ2n) is 6.93. The lowest BCUT2D eigenvalue weighted by Crippen LogP contribution is -2.23. The number of nitrogens with zero attached hydrogens (tertiary/aromatic N) is 4. The summed E-state index contributed by atoms with van der Waals surface area (Å²) in [5, 5.41) is 14.0. The minimum Gasteiger partial charge on any atom is -0.357 e. The first-order valence-corrected chi connectivity index (χ1v) is 11.4. The van der Waals surface area contributed by atoms with Crippen molar-refractivity contribution in [1.29, 1.82) is 0 Å². The van der Waals surface area contributed by atoms with Crippen LogP contribution in [0.2, 0.25) is 0 Å². The molecule has 0 radical (unpaired) electrons. The Labute approximate surface area is 186 Å². The number of nitro groups is 1. The summed E-state index contributed by atoms with van der Waals surface area (Å²) in [5.41, 5.74) is 1.52. The van der Waals surface area contributed by atoms with E-state index in [1.165, 1.54) is 18.2 Å². The number of sulfonamides is 1. The van der Waals surface area contributed by atoms with E-state index in [0.717, 1.165) is 30.7 Å². The van der Waals surface area contributed by atoms with Crippen LogP contribution in [0.25, 0.3) is 0 Å². The fraction of sp³-hybridized carbons (Fsp3) is 0.238. The maximum absolute atomic E-state index is 12.6. The first kappa shape index (κ1) is 22.9. The van der Waals surface area contributed by atoms with Gasteiger partial charge in [-0.05, 0) is 51.1 Å². The van der Waals surface area contributed by atoms with Crippen molar-refractivity contribution >= 4 is 38.9 Å². The molecule has 0 bridgehead atoms. The average Bonchev–Trinajstić information content (AvgIpc) is 2.75. The van der Waals surface area contributed by atoms with Crippen molar-refractivity contribution in [3.05, 3.63) is 70.4 Å². The average molecular weight is 457 g/mol. The molecule has 32 heavy (non-hydrogen) atoms. The fourth-order valence-corrected chi connectivity index (χ4v) is 4.14. The summed E-state index contributed by atoms with van der Waals surface area (Å²) in [6, 6.07) is 13.3. The molecular formula is C21H24N6O4S. The van der Waals surface area contributed by atoms with Crippen molar-refractivity contribution in [1.82, 2.24) is 9.97 Å². The van der Waals surface area contributed by atoms with Crippen molar-refractivity contribution in [2.45, 2.75) is 25.7 Å². The molecular weight excluding hydrogens is 432 g/mol. The summed E-state index contributed by atoms with van der Waals surface area (Å²) in [7, 11) is -3.97. The van der Waals surface area contributed by atoms with Gasteiger partial charge in [0.15, 0.2) is 0 Å². The quantitative estimate of drug-likeness (QED) is 0.364.